The fourth-order valence-corrected chi connectivity index (χ4v) is 5.71. The largest absolute Gasteiger partial charge is 0.497 e. The van der Waals surface area contributed by atoms with Gasteiger partial charge in [-0.3, -0.25) is 13.9 Å². The van der Waals surface area contributed by atoms with Crippen molar-refractivity contribution in [2.45, 2.75) is 57.1 Å². The number of nitrogens with one attached hydrogen (secondary N) is 1. The van der Waals surface area contributed by atoms with Crippen LogP contribution in [-0.2, 0) is 26.2 Å². The summed E-state index contributed by atoms with van der Waals surface area (Å²) in [6.45, 7) is 6.61. The fraction of sp³-hybridized carbons (Fsp3) is 0.333. The molecule has 1 N–H and O–H groups in total. The molecule has 0 aliphatic carbocycles. The lowest BCUT2D eigenvalue weighted by molar-refractivity contribution is -0.141. The lowest BCUT2D eigenvalue weighted by Gasteiger charge is -2.34. The zero-order valence-corrected chi connectivity index (χ0v) is 25.3. The van der Waals surface area contributed by atoms with Crippen LogP contribution in [0.15, 0.2) is 77.7 Å². The Labute approximate surface area is 246 Å². The number of sulfonamides is 1. The Hall–Kier alpha value is -3.63. The molecule has 220 valence electrons. The van der Waals surface area contributed by atoms with Gasteiger partial charge in [0.2, 0.25) is 11.8 Å². The Kier molecular flexibility index (Phi) is 10.4. The smallest absolute Gasteiger partial charge is 0.264 e. The maximum absolute atomic E-state index is 14.0. The van der Waals surface area contributed by atoms with Crippen molar-refractivity contribution in [3.8, 4) is 5.75 Å². The molecule has 0 bridgehead atoms. The number of anilines is 1. The number of ether oxygens (including phenoxy) is 1. The van der Waals surface area contributed by atoms with Gasteiger partial charge in [0.25, 0.3) is 10.0 Å². The van der Waals surface area contributed by atoms with Crippen LogP contribution in [0.3, 0.4) is 0 Å². The summed E-state index contributed by atoms with van der Waals surface area (Å²) in [6, 6.07) is 16.5. The van der Waals surface area contributed by atoms with Crippen LogP contribution < -0.4 is 14.4 Å². The van der Waals surface area contributed by atoms with E-state index in [2.05, 4.69) is 5.32 Å². The van der Waals surface area contributed by atoms with Crippen LogP contribution in [-0.4, -0.2) is 50.4 Å². The van der Waals surface area contributed by atoms with E-state index in [-0.39, 0.29) is 29.5 Å². The third-order valence-corrected chi connectivity index (χ3v) is 8.23. The number of amides is 2. The summed E-state index contributed by atoms with van der Waals surface area (Å²) in [7, 11) is -2.77. The molecule has 0 fully saturated rings. The first-order valence-corrected chi connectivity index (χ1v) is 14.8. The highest BCUT2D eigenvalue weighted by molar-refractivity contribution is 7.92. The molecule has 0 saturated heterocycles. The van der Waals surface area contributed by atoms with Crippen molar-refractivity contribution in [2.75, 3.05) is 18.0 Å². The maximum Gasteiger partial charge on any atom is 0.264 e. The van der Waals surface area contributed by atoms with Gasteiger partial charge in [0.1, 0.15) is 24.2 Å². The van der Waals surface area contributed by atoms with Gasteiger partial charge in [0.05, 0.1) is 17.7 Å². The summed E-state index contributed by atoms with van der Waals surface area (Å²) in [5.41, 5.74) is 0.229. The van der Waals surface area contributed by atoms with E-state index in [9.17, 15) is 22.4 Å². The standard InChI is InChI=1S/C30H35ClFN3O5S/c1-6-27(29(37)33-30(2,3)4)34(19-21-7-11-23(32)12-8-21)28(36)20-35(24-13-9-22(31)10-14-24)41(38,39)26-17-15-25(40-5)16-18-26/h7-18,27H,6,19-20H2,1-5H3,(H,33,37)/t27-/m1/s1. The molecule has 0 radical (unpaired) electrons. The van der Waals surface area contributed by atoms with Crippen LogP contribution in [0.4, 0.5) is 10.1 Å². The molecular formula is C30H35ClFN3O5S. The first kappa shape index (κ1) is 31.9. The Morgan fingerprint density at radius 2 is 1.56 bits per heavy atom. The second kappa shape index (κ2) is 13.4. The van der Waals surface area contributed by atoms with Crippen molar-refractivity contribution in [1.82, 2.24) is 10.2 Å². The van der Waals surface area contributed by atoms with Crippen molar-refractivity contribution >= 4 is 39.1 Å². The highest BCUT2D eigenvalue weighted by Gasteiger charge is 2.34. The molecule has 11 heteroatoms. The molecular weight excluding hydrogens is 569 g/mol. The normalized spacial score (nSPS) is 12.4. The zero-order chi connectivity index (χ0) is 30.4. The lowest BCUT2D eigenvalue weighted by atomic mass is 10.1. The summed E-state index contributed by atoms with van der Waals surface area (Å²) in [6.07, 6.45) is 0.265. The molecule has 0 spiro atoms. The van der Waals surface area contributed by atoms with Crippen LogP contribution in [0, 0.1) is 5.82 Å². The SMILES string of the molecule is CC[C@H](C(=O)NC(C)(C)C)N(Cc1ccc(F)cc1)C(=O)CN(c1ccc(Cl)cc1)S(=O)(=O)c1ccc(OC)cc1. The molecule has 0 aromatic heterocycles. The molecule has 0 heterocycles. The average molecular weight is 604 g/mol. The van der Waals surface area contributed by atoms with E-state index in [1.165, 1.54) is 84.8 Å². The summed E-state index contributed by atoms with van der Waals surface area (Å²) in [4.78, 5) is 28.6. The Morgan fingerprint density at radius 3 is 2.07 bits per heavy atom. The van der Waals surface area contributed by atoms with Crippen LogP contribution in [0.1, 0.15) is 39.7 Å². The van der Waals surface area contributed by atoms with Gasteiger partial charge in [-0.1, -0.05) is 30.7 Å². The maximum atomic E-state index is 14.0. The van der Waals surface area contributed by atoms with Crippen molar-refractivity contribution in [2.24, 2.45) is 0 Å². The number of hydrogen-bond acceptors (Lipinski definition) is 5. The molecule has 3 aromatic rings. The quantitative estimate of drug-likeness (QED) is 0.316. The number of methoxy groups -OCH3 is 1. The predicted octanol–water partition coefficient (Wildman–Crippen LogP) is 5.41. The number of halogens is 2. The van der Waals surface area contributed by atoms with E-state index < -0.39 is 39.9 Å². The minimum atomic E-state index is -4.24. The van der Waals surface area contributed by atoms with Crippen molar-refractivity contribution in [3.05, 3.63) is 89.2 Å². The van der Waals surface area contributed by atoms with Crippen LogP contribution in [0.2, 0.25) is 5.02 Å². The summed E-state index contributed by atoms with van der Waals surface area (Å²) < 4.78 is 47.5. The second-order valence-electron chi connectivity index (χ2n) is 10.5. The predicted molar refractivity (Wildman–Crippen MR) is 158 cm³/mol. The Morgan fingerprint density at radius 1 is 0.976 bits per heavy atom. The molecule has 0 aliphatic rings. The molecule has 8 nitrogen and oxygen atoms in total. The molecule has 3 aromatic carbocycles. The second-order valence-corrected chi connectivity index (χ2v) is 12.8. The average Bonchev–Trinajstić information content (AvgIpc) is 2.92. The van der Waals surface area contributed by atoms with Gasteiger partial charge in [-0.2, -0.15) is 0 Å². The highest BCUT2D eigenvalue weighted by atomic mass is 35.5. The Balaban J connectivity index is 2.06. The number of carbonyl (C=O) groups is 2. The van der Waals surface area contributed by atoms with E-state index in [1.54, 1.807) is 6.92 Å². The van der Waals surface area contributed by atoms with Crippen LogP contribution >= 0.6 is 11.6 Å². The van der Waals surface area contributed by atoms with Crippen molar-refractivity contribution in [1.29, 1.82) is 0 Å². The van der Waals surface area contributed by atoms with E-state index >= 15 is 0 Å². The van der Waals surface area contributed by atoms with Crippen molar-refractivity contribution in [3.63, 3.8) is 0 Å². The number of carbonyl (C=O) groups excluding carboxylic acids is 2. The van der Waals surface area contributed by atoms with Gasteiger partial charge in [0.15, 0.2) is 0 Å². The topological polar surface area (TPSA) is 96.0 Å². The minimum absolute atomic E-state index is 0.0355. The van der Waals surface area contributed by atoms with Gasteiger partial charge in [0, 0.05) is 17.1 Å². The molecule has 41 heavy (non-hydrogen) atoms. The highest BCUT2D eigenvalue weighted by Crippen LogP contribution is 2.27. The molecule has 3 rings (SSSR count). The van der Waals surface area contributed by atoms with Gasteiger partial charge in [-0.05, 0) is 93.4 Å². The first-order valence-electron chi connectivity index (χ1n) is 13.0. The number of hydrogen-bond donors (Lipinski definition) is 1. The van der Waals surface area contributed by atoms with Gasteiger partial charge in [-0.25, -0.2) is 12.8 Å². The zero-order valence-electron chi connectivity index (χ0n) is 23.7. The van der Waals surface area contributed by atoms with E-state index in [4.69, 9.17) is 16.3 Å². The van der Waals surface area contributed by atoms with Crippen molar-refractivity contribution < 1.29 is 27.1 Å². The summed E-state index contributed by atoms with van der Waals surface area (Å²) >= 11 is 6.06. The minimum Gasteiger partial charge on any atom is -0.497 e. The number of rotatable bonds is 11. The van der Waals surface area contributed by atoms with E-state index in [1.807, 2.05) is 20.8 Å². The summed E-state index contributed by atoms with van der Waals surface area (Å²) in [5.74, 6) is -0.966. The molecule has 0 unspecified atom stereocenters. The molecule has 0 saturated carbocycles. The van der Waals surface area contributed by atoms with Gasteiger partial charge >= 0.3 is 0 Å². The molecule has 1 atom stereocenters. The Bertz CT molecular complexity index is 1440. The fourth-order valence-electron chi connectivity index (χ4n) is 4.17. The van der Waals surface area contributed by atoms with Gasteiger partial charge < -0.3 is 15.0 Å². The first-order chi connectivity index (χ1) is 19.2. The monoisotopic (exact) mass is 603 g/mol. The van der Waals surface area contributed by atoms with Crippen LogP contribution in [0.25, 0.3) is 0 Å². The third kappa shape index (κ3) is 8.43. The number of nitrogens with zero attached hydrogens (tertiary/aromatic N) is 2. The van der Waals surface area contributed by atoms with E-state index in [0.29, 0.717) is 16.3 Å². The summed E-state index contributed by atoms with van der Waals surface area (Å²) in [5, 5.41) is 3.30. The van der Waals surface area contributed by atoms with Gasteiger partial charge in [-0.15, -0.1) is 0 Å². The molecule has 2 amide bonds. The number of benzene rings is 3. The third-order valence-electron chi connectivity index (χ3n) is 6.19. The van der Waals surface area contributed by atoms with Crippen LogP contribution in [0.5, 0.6) is 5.75 Å². The van der Waals surface area contributed by atoms with E-state index in [0.717, 1.165) is 4.31 Å². The lowest BCUT2D eigenvalue weighted by Crippen LogP contribution is -2.55. The molecule has 0 aliphatic heterocycles.